The van der Waals surface area contributed by atoms with E-state index in [0.717, 1.165) is 5.56 Å². The van der Waals surface area contributed by atoms with Gasteiger partial charge in [-0.05, 0) is 51.8 Å². The highest BCUT2D eigenvalue weighted by Gasteiger charge is 2.18. The predicted octanol–water partition coefficient (Wildman–Crippen LogP) is 2.99. The van der Waals surface area contributed by atoms with Gasteiger partial charge in [-0.2, -0.15) is 0 Å². The minimum Gasteiger partial charge on any atom is -0.378 e. The fraction of sp³-hybridized carbons (Fsp3) is 0.263. The van der Waals surface area contributed by atoms with E-state index in [9.17, 15) is 14.0 Å². The van der Waals surface area contributed by atoms with Crippen molar-refractivity contribution in [3.63, 3.8) is 0 Å². The van der Waals surface area contributed by atoms with Gasteiger partial charge in [-0.1, -0.05) is 12.1 Å². The summed E-state index contributed by atoms with van der Waals surface area (Å²) in [5.74, 6) is -0.724. The second kappa shape index (κ2) is 8.42. The van der Waals surface area contributed by atoms with Crippen LogP contribution in [0.25, 0.3) is 0 Å². The summed E-state index contributed by atoms with van der Waals surface area (Å²) in [5.41, 5.74) is 1.85. The minimum absolute atomic E-state index is 0.0147. The lowest BCUT2D eigenvalue weighted by Crippen LogP contribution is -2.40. The normalized spacial score (nSPS) is 14.2. The first-order valence-electron chi connectivity index (χ1n) is 8.24. The molecule has 1 aliphatic rings. The van der Waals surface area contributed by atoms with Gasteiger partial charge in [0.15, 0.2) is 0 Å². The van der Waals surface area contributed by atoms with E-state index in [4.69, 9.17) is 4.74 Å². The van der Waals surface area contributed by atoms with Gasteiger partial charge in [-0.25, -0.2) is 4.39 Å². The molecule has 1 saturated heterocycles. The van der Waals surface area contributed by atoms with Crippen molar-refractivity contribution in [3.05, 3.63) is 69.4 Å². The lowest BCUT2D eigenvalue weighted by molar-refractivity contribution is 0.0303. The molecule has 0 saturated carbocycles. The van der Waals surface area contributed by atoms with Crippen LogP contribution in [0.2, 0.25) is 0 Å². The number of amides is 2. The maximum Gasteiger partial charge on any atom is 0.254 e. The Morgan fingerprint density at radius 2 is 1.81 bits per heavy atom. The van der Waals surface area contributed by atoms with E-state index in [-0.39, 0.29) is 11.8 Å². The van der Waals surface area contributed by atoms with Crippen LogP contribution in [0.3, 0.4) is 0 Å². The average Bonchev–Trinajstić information content (AvgIpc) is 2.66. The maximum atomic E-state index is 13.1. The number of ether oxygens (including phenoxy) is 1. The van der Waals surface area contributed by atoms with Crippen LogP contribution in [0.4, 0.5) is 4.39 Å². The lowest BCUT2D eigenvalue weighted by Gasteiger charge is -2.26. The fourth-order valence-corrected chi connectivity index (χ4v) is 3.20. The number of carbonyl (C=O) groups excluding carboxylic acids is 2. The number of nitrogens with zero attached hydrogens (tertiary/aromatic N) is 1. The highest BCUT2D eigenvalue weighted by molar-refractivity contribution is 9.10. The summed E-state index contributed by atoms with van der Waals surface area (Å²) in [5, 5.41) is 2.78. The summed E-state index contributed by atoms with van der Waals surface area (Å²) < 4.78 is 18.8. The van der Waals surface area contributed by atoms with Crippen LogP contribution >= 0.6 is 15.9 Å². The molecule has 5 nitrogen and oxygen atoms in total. The van der Waals surface area contributed by atoms with Gasteiger partial charge in [0, 0.05) is 29.7 Å². The summed E-state index contributed by atoms with van der Waals surface area (Å²) >= 11 is 3.19. The van der Waals surface area contributed by atoms with Gasteiger partial charge in [0.25, 0.3) is 11.8 Å². The Hall–Kier alpha value is -2.25. The highest BCUT2D eigenvalue weighted by Crippen LogP contribution is 2.18. The van der Waals surface area contributed by atoms with E-state index in [1.54, 1.807) is 17.0 Å². The Bertz CT molecular complexity index is 805. The van der Waals surface area contributed by atoms with Crippen molar-refractivity contribution in [3.8, 4) is 0 Å². The van der Waals surface area contributed by atoms with Crippen LogP contribution in [0.15, 0.2) is 46.9 Å². The van der Waals surface area contributed by atoms with Crippen LogP contribution < -0.4 is 5.32 Å². The fourth-order valence-electron chi connectivity index (χ4n) is 2.67. The van der Waals surface area contributed by atoms with Crippen LogP contribution in [-0.4, -0.2) is 43.0 Å². The summed E-state index contributed by atoms with van der Waals surface area (Å²) in [6.45, 7) is 2.64. The quantitative estimate of drug-likeness (QED) is 0.826. The van der Waals surface area contributed by atoms with Crippen molar-refractivity contribution < 1.29 is 18.7 Å². The summed E-state index contributed by atoms with van der Waals surface area (Å²) in [6.07, 6.45) is 0. The van der Waals surface area contributed by atoms with Crippen molar-refractivity contribution in [2.45, 2.75) is 6.54 Å². The summed E-state index contributed by atoms with van der Waals surface area (Å²) in [4.78, 5) is 26.4. The number of halogens is 2. The van der Waals surface area contributed by atoms with E-state index in [1.807, 2.05) is 12.1 Å². The van der Waals surface area contributed by atoms with Crippen LogP contribution in [0.5, 0.6) is 0 Å². The van der Waals surface area contributed by atoms with E-state index in [0.29, 0.717) is 48.4 Å². The van der Waals surface area contributed by atoms with Crippen LogP contribution in [0.1, 0.15) is 26.3 Å². The van der Waals surface area contributed by atoms with Gasteiger partial charge in [0.2, 0.25) is 0 Å². The highest BCUT2D eigenvalue weighted by atomic mass is 79.9. The third kappa shape index (κ3) is 4.47. The molecule has 1 aliphatic heterocycles. The van der Waals surface area contributed by atoms with Gasteiger partial charge in [-0.15, -0.1) is 0 Å². The molecular formula is C19H18BrFN2O3. The standard InChI is InChI=1S/C19H18BrFN2O3/c20-17-11-15(21)5-6-16(17)18(24)22-12-13-1-3-14(4-2-13)19(25)23-7-9-26-10-8-23/h1-6,11H,7-10,12H2,(H,22,24). The molecule has 0 aromatic heterocycles. The molecule has 0 atom stereocenters. The van der Waals surface area contributed by atoms with Crippen molar-refractivity contribution in [2.24, 2.45) is 0 Å². The number of hydrogen-bond donors (Lipinski definition) is 1. The molecule has 0 spiro atoms. The number of nitrogens with one attached hydrogen (secondary N) is 1. The summed E-state index contributed by atoms with van der Waals surface area (Å²) in [7, 11) is 0. The van der Waals surface area contributed by atoms with Crippen LogP contribution in [0, 0.1) is 5.82 Å². The molecule has 2 amide bonds. The smallest absolute Gasteiger partial charge is 0.254 e. The van der Waals surface area contributed by atoms with Crippen molar-refractivity contribution in [1.82, 2.24) is 10.2 Å². The first kappa shape index (κ1) is 18.5. The zero-order chi connectivity index (χ0) is 18.5. The Morgan fingerprint density at radius 1 is 1.12 bits per heavy atom. The first-order valence-corrected chi connectivity index (χ1v) is 9.03. The maximum absolute atomic E-state index is 13.1. The monoisotopic (exact) mass is 420 g/mol. The zero-order valence-electron chi connectivity index (χ0n) is 14.0. The molecule has 0 unspecified atom stereocenters. The number of benzene rings is 2. The number of rotatable bonds is 4. The average molecular weight is 421 g/mol. The Labute approximate surface area is 159 Å². The van der Waals surface area contributed by atoms with Gasteiger partial charge >= 0.3 is 0 Å². The number of morpholine rings is 1. The molecule has 136 valence electrons. The minimum atomic E-state index is -0.408. The molecule has 0 aliphatic carbocycles. The van der Waals surface area contributed by atoms with Crippen molar-refractivity contribution >= 4 is 27.7 Å². The Balaban J connectivity index is 1.58. The zero-order valence-corrected chi connectivity index (χ0v) is 15.6. The van der Waals surface area contributed by atoms with Gasteiger partial charge < -0.3 is 15.0 Å². The molecule has 3 rings (SSSR count). The molecule has 0 radical (unpaired) electrons. The molecule has 1 N–H and O–H groups in total. The van der Waals surface area contributed by atoms with Crippen molar-refractivity contribution in [1.29, 1.82) is 0 Å². The summed E-state index contributed by atoms with van der Waals surface area (Å²) in [6, 6.07) is 11.1. The number of carbonyl (C=O) groups is 2. The topological polar surface area (TPSA) is 58.6 Å². The Kier molecular flexibility index (Phi) is 6.00. The molecule has 2 aromatic rings. The number of hydrogen-bond acceptors (Lipinski definition) is 3. The van der Waals surface area contributed by atoms with Crippen LogP contribution in [-0.2, 0) is 11.3 Å². The molecule has 26 heavy (non-hydrogen) atoms. The van der Waals surface area contributed by atoms with E-state index in [2.05, 4.69) is 21.2 Å². The van der Waals surface area contributed by atoms with E-state index < -0.39 is 5.82 Å². The largest absolute Gasteiger partial charge is 0.378 e. The Morgan fingerprint density at radius 3 is 2.46 bits per heavy atom. The molecule has 7 heteroatoms. The predicted molar refractivity (Wildman–Crippen MR) is 98.4 cm³/mol. The second-order valence-electron chi connectivity index (χ2n) is 5.91. The van der Waals surface area contributed by atoms with Gasteiger partial charge in [0.05, 0.1) is 18.8 Å². The molecule has 1 heterocycles. The third-order valence-corrected chi connectivity index (χ3v) is 4.78. The third-order valence-electron chi connectivity index (χ3n) is 4.13. The lowest BCUT2D eigenvalue weighted by atomic mass is 10.1. The SMILES string of the molecule is O=C(NCc1ccc(C(=O)N2CCOCC2)cc1)c1ccc(F)cc1Br. The van der Waals surface area contributed by atoms with E-state index >= 15 is 0 Å². The van der Waals surface area contributed by atoms with Gasteiger partial charge in [-0.3, -0.25) is 9.59 Å². The van der Waals surface area contributed by atoms with Crippen molar-refractivity contribution in [2.75, 3.05) is 26.3 Å². The van der Waals surface area contributed by atoms with E-state index in [1.165, 1.54) is 18.2 Å². The second-order valence-corrected chi connectivity index (χ2v) is 6.76. The first-order chi connectivity index (χ1) is 12.5. The molecule has 1 fully saturated rings. The molecular weight excluding hydrogens is 403 g/mol. The van der Waals surface area contributed by atoms with Gasteiger partial charge in [0.1, 0.15) is 5.82 Å². The molecule has 0 bridgehead atoms. The molecule has 2 aromatic carbocycles.